The molecule has 7 heteroatoms. The zero-order valence-corrected chi connectivity index (χ0v) is 9.69. The van der Waals surface area contributed by atoms with E-state index in [2.05, 4.69) is 31.2 Å². The molecule has 0 bridgehead atoms. The number of ether oxygens (including phenoxy) is 1. The lowest BCUT2D eigenvalue weighted by molar-refractivity contribution is 0.122. The van der Waals surface area contributed by atoms with Gasteiger partial charge in [-0.1, -0.05) is 0 Å². The lowest BCUT2D eigenvalue weighted by Gasteiger charge is -2.11. The average Bonchev–Trinajstić information content (AvgIpc) is 2.14. The van der Waals surface area contributed by atoms with E-state index < -0.39 is 6.09 Å². The Balaban J connectivity index is 2.40. The van der Waals surface area contributed by atoms with E-state index in [1.807, 2.05) is 0 Å². The molecule has 0 aliphatic heterocycles. The molecule has 1 aromatic heterocycles. The van der Waals surface area contributed by atoms with Crippen LogP contribution in [0.5, 0.6) is 0 Å². The fourth-order valence-electron chi connectivity index (χ4n) is 0.897. The quantitative estimate of drug-likeness (QED) is 0.804. The summed E-state index contributed by atoms with van der Waals surface area (Å²) in [6.45, 7) is 2.12. The Morgan fingerprint density at radius 2 is 2.53 bits per heavy atom. The fraction of sp³-hybridized carbons (Fsp3) is 0.375. The van der Waals surface area contributed by atoms with Crippen molar-refractivity contribution < 1.29 is 9.53 Å². The predicted molar refractivity (Wildman–Crippen MR) is 58.4 cm³/mol. The number of amides is 1. The van der Waals surface area contributed by atoms with E-state index in [-0.39, 0.29) is 6.10 Å². The maximum Gasteiger partial charge on any atom is 0.404 e. The Kier molecular flexibility index (Phi) is 4.29. The van der Waals surface area contributed by atoms with Crippen LogP contribution < -0.4 is 11.1 Å². The topological polar surface area (TPSA) is 90.1 Å². The number of carbonyl (C=O) groups is 1. The van der Waals surface area contributed by atoms with Gasteiger partial charge in [-0.15, -0.1) is 0 Å². The van der Waals surface area contributed by atoms with Crippen LogP contribution in [-0.4, -0.2) is 28.7 Å². The molecule has 0 fully saturated rings. The molecule has 1 aromatic rings. The summed E-state index contributed by atoms with van der Waals surface area (Å²) in [6.07, 6.45) is 0.489. The van der Waals surface area contributed by atoms with Crippen LogP contribution in [0, 0.1) is 0 Å². The molecule has 15 heavy (non-hydrogen) atoms. The van der Waals surface area contributed by atoms with E-state index >= 15 is 0 Å². The Morgan fingerprint density at radius 3 is 3.13 bits per heavy atom. The van der Waals surface area contributed by atoms with Crippen molar-refractivity contribution in [3.05, 3.63) is 16.9 Å². The highest BCUT2D eigenvalue weighted by Crippen LogP contribution is 2.06. The third kappa shape index (κ3) is 4.59. The van der Waals surface area contributed by atoms with Crippen LogP contribution in [0.25, 0.3) is 0 Å². The minimum Gasteiger partial charge on any atom is -0.445 e. The van der Waals surface area contributed by atoms with Crippen molar-refractivity contribution >= 4 is 28.0 Å². The third-order valence-electron chi connectivity index (χ3n) is 1.49. The zero-order chi connectivity index (χ0) is 11.3. The number of nitrogens with two attached hydrogens (primary N) is 1. The molecule has 1 heterocycles. The second-order valence-corrected chi connectivity index (χ2v) is 3.64. The van der Waals surface area contributed by atoms with Crippen molar-refractivity contribution in [3.8, 4) is 0 Å². The van der Waals surface area contributed by atoms with Gasteiger partial charge in [0, 0.05) is 6.20 Å². The van der Waals surface area contributed by atoms with Gasteiger partial charge in [0.2, 0.25) is 5.95 Å². The highest BCUT2D eigenvalue weighted by Gasteiger charge is 2.06. The summed E-state index contributed by atoms with van der Waals surface area (Å²) < 4.78 is 5.40. The Morgan fingerprint density at radius 1 is 1.80 bits per heavy atom. The number of hydrogen-bond acceptors (Lipinski definition) is 5. The number of aromatic nitrogens is 2. The minimum atomic E-state index is -0.792. The standard InChI is InChI=1S/C8H11BrN4O2/c1-5(15-7(10)14)4-12-8-11-3-2-6(9)13-8/h2-3,5H,4H2,1H3,(H2,10,14)(H,11,12,13)/t5-/m0/s1. The number of halogens is 1. The Bertz CT molecular complexity index is 347. The molecule has 0 aliphatic rings. The van der Waals surface area contributed by atoms with Crippen molar-refractivity contribution in [2.24, 2.45) is 5.73 Å². The van der Waals surface area contributed by atoms with Gasteiger partial charge in [0.15, 0.2) is 0 Å². The first-order valence-electron chi connectivity index (χ1n) is 4.26. The van der Waals surface area contributed by atoms with E-state index in [4.69, 9.17) is 10.5 Å². The second kappa shape index (κ2) is 5.50. The largest absolute Gasteiger partial charge is 0.445 e. The van der Waals surface area contributed by atoms with Crippen LogP contribution in [-0.2, 0) is 4.74 Å². The molecule has 1 amide bonds. The molecule has 0 aliphatic carbocycles. The molecule has 0 radical (unpaired) electrons. The van der Waals surface area contributed by atoms with Crippen molar-refractivity contribution in [1.82, 2.24) is 9.97 Å². The number of nitrogens with zero attached hydrogens (tertiary/aromatic N) is 2. The maximum atomic E-state index is 10.4. The normalized spacial score (nSPS) is 11.9. The van der Waals surface area contributed by atoms with Crippen molar-refractivity contribution in [2.45, 2.75) is 13.0 Å². The Labute approximate surface area is 95.4 Å². The molecule has 3 N–H and O–H groups in total. The summed E-state index contributed by atoms with van der Waals surface area (Å²) >= 11 is 3.21. The molecule has 0 saturated carbocycles. The van der Waals surface area contributed by atoms with E-state index in [9.17, 15) is 4.79 Å². The van der Waals surface area contributed by atoms with Gasteiger partial charge in [-0.05, 0) is 28.9 Å². The molecular formula is C8H11BrN4O2. The van der Waals surface area contributed by atoms with Gasteiger partial charge in [-0.25, -0.2) is 14.8 Å². The molecule has 0 aromatic carbocycles. The maximum absolute atomic E-state index is 10.4. The Hall–Kier alpha value is -1.37. The number of primary amides is 1. The lowest BCUT2D eigenvalue weighted by atomic mass is 10.4. The first-order chi connectivity index (χ1) is 7.08. The minimum absolute atomic E-state index is 0.329. The van der Waals surface area contributed by atoms with Crippen molar-refractivity contribution in [3.63, 3.8) is 0 Å². The summed E-state index contributed by atoms with van der Waals surface area (Å²) in [6, 6.07) is 1.72. The smallest absolute Gasteiger partial charge is 0.404 e. The summed E-state index contributed by atoms with van der Waals surface area (Å²) in [4.78, 5) is 18.4. The molecule has 82 valence electrons. The number of anilines is 1. The lowest BCUT2D eigenvalue weighted by Crippen LogP contribution is -2.26. The summed E-state index contributed by atoms with van der Waals surface area (Å²) in [7, 11) is 0. The first-order valence-corrected chi connectivity index (χ1v) is 5.05. The van der Waals surface area contributed by atoms with Gasteiger partial charge < -0.3 is 15.8 Å². The molecule has 0 spiro atoms. The summed E-state index contributed by atoms with van der Waals surface area (Å²) in [5.41, 5.74) is 4.86. The van der Waals surface area contributed by atoms with Gasteiger partial charge in [-0.2, -0.15) is 0 Å². The van der Waals surface area contributed by atoms with Crippen LogP contribution in [0.2, 0.25) is 0 Å². The number of nitrogens with one attached hydrogen (secondary N) is 1. The van der Waals surface area contributed by atoms with Gasteiger partial charge in [0.05, 0.1) is 6.54 Å². The van der Waals surface area contributed by atoms with Crippen LogP contribution in [0.4, 0.5) is 10.7 Å². The van der Waals surface area contributed by atoms with E-state index in [0.717, 1.165) is 0 Å². The van der Waals surface area contributed by atoms with Crippen LogP contribution in [0.3, 0.4) is 0 Å². The van der Waals surface area contributed by atoms with Crippen molar-refractivity contribution in [1.29, 1.82) is 0 Å². The zero-order valence-electron chi connectivity index (χ0n) is 8.11. The molecule has 0 unspecified atom stereocenters. The molecule has 0 saturated heterocycles. The molecule has 6 nitrogen and oxygen atoms in total. The second-order valence-electron chi connectivity index (χ2n) is 2.83. The number of carbonyl (C=O) groups excluding carboxylic acids is 1. The summed E-state index contributed by atoms with van der Waals surface area (Å²) in [5.74, 6) is 0.462. The van der Waals surface area contributed by atoms with Crippen molar-refractivity contribution in [2.75, 3.05) is 11.9 Å². The molecular weight excluding hydrogens is 264 g/mol. The van der Waals surface area contributed by atoms with Gasteiger partial charge in [0.1, 0.15) is 10.7 Å². The summed E-state index contributed by atoms with van der Waals surface area (Å²) in [5, 5.41) is 2.91. The van der Waals surface area contributed by atoms with Crippen LogP contribution >= 0.6 is 15.9 Å². The number of hydrogen-bond donors (Lipinski definition) is 2. The van der Waals surface area contributed by atoms with E-state index in [1.54, 1.807) is 19.2 Å². The van der Waals surface area contributed by atoms with Gasteiger partial charge in [-0.3, -0.25) is 0 Å². The fourth-order valence-corrected chi connectivity index (χ4v) is 1.18. The van der Waals surface area contributed by atoms with E-state index in [0.29, 0.717) is 17.1 Å². The molecule has 1 rings (SSSR count). The van der Waals surface area contributed by atoms with E-state index in [1.165, 1.54) is 0 Å². The van der Waals surface area contributed by atoms with Crippen LogP contribution in [0.1, 0.15) is 6.92 Å². The monoisotopic (exact) mass is 274 g/mol. The van der Waals surface area contributed by atoms with Gasteiger partial charge in [0.25, 0.3) is 0 Å². The first kappa shape index (κ1) is 11.7. The third-order valence-corrected chi connectivity index (χ3v) is 1.93. The molecule has 1 atom stereocenters. The highest BCUT2D eigenvalue weighted by atomic mass is 79.9. The SMILES string of the molecule is C[C@@H](CNc1nccc(Br)n1)OC(N)=O. The average molecular weight is 275 g/mol. The highest BCUT2D eigenvalue weighted by molar-refractivity contribution is 9.10. The number of rotatable bonds is 4. The van der Waals surface area contributed by atoms with Crippen LogP contribution in [0.15, 0.2) is 16.9 Å². The van der Waals surface area contributed by atoms with Gasteiger partial charge >= 0.3 is 6.09 Å². The predicted octanol–water partition coefficient (Wildman–Crippen LogP) is 1.13.